The van der Waals surface area contributed by atoms with Gasteiger partial charge in [-0.1, -0.05) is 24.3 Å². The molecule has 1 unspecified atom stereocenters. The molecule has 0 aliphatic carbocycles. The van der Waals surface area contributed by atoms with Gasteiger partial charge in [0.05, 0.1) is 0 Å². The third-order valence-corrected chi connectivity index (χ3v) is 4.88. The summed E-state index contributed by atoms with van der Waals surface area (Å²) in [6.07, 6.45) is 1.41. The molecule has 1 aliphatic rings. The van der Waals surface area contributed by atoms with Crippen LogP contribution in [0.2, 0.25) is 0 Å². The van der Waals surface area contributed by atoms with Gasteiger partial charge in [0.1, 0.15) is 0 Å². The molecule has 1 aromatic rings. The van der Waals surface area contributed by atoms with Crippen LogP contribution in [0, 0.1) is 0 Å². The van der Waals surface area contributed by atoms with Crippen molar-refractivity contribution >= 4 is 10.2 Å². The van der Waals surface area contributed by atoms with Crippen molar-refractivity contribution in [3.63, 3.8) is 0 Å². The highest BCUT2D eigenvalue weighted by atomic mass is 32.2. The van der Waals surface area contributed by atoms with Crippen LogP contribution in [0.3, 0.4) is 0 Å². The second-order valence-electron chi connectivity index (χ2n) is 5.02. The molecule has 0 radical (unpaired) electrons. The summed E-state index contributed by atoms with van der Waals surface area (Å²) in [5, 5.41) is 0. The number of fused-ring (bicyclic) bond motifs is 1. The topological polar surface area (TPSA) is 75.4 Å². The van der Waals surface area contributed by atoms with E-state index in [9.17, 15) is 8.42 Å². The lowest BCUT2D eigenvalue weighted by Crippen LogP contribution is -2.44. The molecule has 0 amide bonds. The standard InChI is InChI=1S/C13H21N3O2S/c1-11(14)6-8-15-19(17,18)16-9-7-12-4-2-3-5-13(12)10-16/h2-5,11,15H,6-10,14H2,1H3. The predicted octanol–water partition coefficient (Wildman–Crippen LogP) is 0.616. The van der Waals surface area contributed by atoms with Gasteiger partial charge in [0.2, 0.25) is 0 Å². The van der Waals surface area contributed by atoms with Crippen LogP contribution in [-0.2, 0) is 23.2 Å². The third kappa shape index (κ3) is 3.76. The average Bonchev–Trinajstić information content (AvgIpc) is 2.37. The van der Waals surface area contributed by atoms with E-state index in [0.717, 1.165) is 12.0 Å². The van der Waals surface area contributed by atoms with Crippen molar-refractivity contribution in [3.8, 4) is 0 Å². The third-order valence-electron chi connectivity index (χ3n) is 3.32. The fourth-order valence-electron chi connectivity index (χ4n) is 2.18. The fraction of sp³-hybridized carbons (Fsp3) is 0.538. The molecular formula is C13H21N3O2S. The Bertz CT molecular complexity index is 528. The lowest BCUT2D eigenvalue weighted by atomic mass is 10.0. The molecule has 106 valence electrons. The van der Waals surface area contributed by atoms with Crippen molar-refractivity contribution < 1.29 is 8.42 Å². The zero-order valence-corrected chi connectivity index (χ0v) is 12.0. The van der Waals surface area contributed by atoms with Crippen molar-refractivity contribution in [3.05, 3.63) is 35.4 Å². The van der Waals surface area contributed by atoms with Crippen molar-refractivity contribution in [2.75, 3.05) is 13.1 Å². The van der Waals surface area contributed by atoms with E-state index in [4.69, 9.17) is 5.73 Å². The minimum atomic E-state index is -3.39. The smallest absolute Gasteiger partial charge is 0.279 e. The molecule has 1 aliphatic heterocycles. The van der Waals surface area contributed by atoms with E-state index in [1.54, 1.807) is 0 Å². The second-order valence-corrected chi connectivity index (χ2v) is 6.77. The Kier molecular flexibility index (Phi) is 4.57. The van der Waals surface area contributed by atoms with E-state index in [1.807, 2.05) is 25.1 Å². The number of hydrogen-bond donors (Lipinski definition) is 2. The molecular weight excluding hydrogens is 262 g/mol. The molecule has 1 aromatic carbocycles. The number of hydrogen-bond acceptors (Lipinski definition) is 3. The molecule has 0 saturated carbocycles. The van der Waals surface area contributed by atoms with Crippen LogP contribution >= 0.6 is 0 Å². The van der Waals surface area contributed by atoms with E-state index < -0.39 is 10.2 Å². The molecule has 0 bridgehead atoms. The van der Waals surface area contributed by atoms with E-state index in [2.05, 4.69) is 10.8 Å². The predicted molar refractivity (Wildman–Crippen MR) is 75.7 cm³/mol. The Morgan fingerprint density at radius 2 is 2.05 bits per heavy atom. The molecule has 1 heterocycles. The molecule has 0 aromatic heterocycles. The number of nitrogens with two attached hydrogens (primary N) is 1. The Morgan fingerprint density at radius 3 is 2.74 bits per heavy atom. The molecule has 5 nitrogen and oxygen atoms in total. The van der Waals surface area contributed by atoms with Crippen LogP contribution in [0.4, 0.5) is 0 Å². The maximum absolute atomic E-state index is 12.2. The SMILES string of the molecule is CC(N)CCNS(=O)(=O)N1CCc2ccccc2C1. The highest BCUT2D eigenvalue weighted by molar-refractivity contribution is 7.87. The van der Waals surface area contributed by atoms with Crippen LogP contribution in [-0.4, -0.2) is 31.9 Å². The Morgan fingerprint density at radius 1 is 1.37 bits per heavy atom. The molecule has 19 heavy (non-hydrogen) atoms. The van der Waals surface area contributed by atoms with Gasteiger partial charge in [-0.2, -0.15) is 12.7 Å². The van der Waals surface area contributed by atoms with Crippen molar-refractivity contribution in [2.24, 2.45) is 5.73 Å². The van der Waals surface area contributed by atoms with Crippen molar-refractivity contribution in [2.45, 2.75) is 32.4 Å². The highest BCUT2D eigenvalue weighted by Gasteiger charge is 2.25. The number of benzene rings is 1. The zero-order valence-electron chi connectivity index (χ0n) is 11.2. The maximum Gasteiger partial charge on any atom is 0.279 e. The van der Waals surface area contributed by atoms with Crippen LogP contribution in [0.1, 0.15) is 24.5 Å². The lowest BCUT2D eigenvalue weighted by Gasteiger charge is -2.28. The average molecular weight is 283 g/mol. The summed E-state index contributed by atoms with van der Waals surface area (Å²) in [6, 6.07) is 7.98. The van der Waals surface area contributed by atoms with Gasteiger partial charge in [-0.25, -0.2) is 4.72 Å². The summed E-state index contributed by atoms with van der Waals surface area (Å²) in [5.74, 6) is 0. The van der Waals surface area contributed by atoms with Gasteiger partial charge < -0.3 is 5.73 Å². The van der Waals surface area contributed by atoms with Crippen LogP contribution in [0.15, 0.2) is 24.3 Å². The molecule has 3 N–H and O–H groups in total. The van der Waals surface area contributed by atoms with Gasteiger partial charge >= 0.3 is 0 Å². The molecule has 2 rings (SSSR count). The molecule has 0 fully saturated rings. The van der Waals surface area contributed by atoms with Crippen molar-refractivity contribution in [1.82, 2.24) is 9.03 Å². The molecule has 6 heteroatoms. The Labute approximate surface area is 115 Å². The lowest BCUT2D eigenvalue weighted by molar-refractivity contribution is 0.383. The number of rotatable bonds is 5. The van der Waals surface area contributed by atoms with Gasteiger partial charge in [-0.3, -0.25) is 0 Å². The van der Waals surface area contributed by atoms with E-state index >= 15 is 0 Å². The van der Waals surface area contributed by atoms with Gasteiger partial charge in [0.15, 0.2) is 0 Å². The van der Waals surface area contributed by atoms with E-state index in [-0.39, 0.29) is 6.04 Å². The van der Waals surface area contributed by atoms with Gasteiger partial charge in [-0.05, 0) is 30.9 Å². The fourth-order valence-corrected chi connectivity index (χ4v) is 3.38. The number of nitrogens with one attached hydrogen (secondary N) is 1. The molecule has 1 atom stereocenters. The van der Waals surface area contributed by atoms with E-state index in [1.165, 1.54) is 9.87 Å². The summed E-state index contributed by atoms with van der Waals surface area (Å²) in [6.45, 7) is 3.23. The quantitative estimate of drug-likeness (QED) is 0.831. The highest BCUT2D eigenvalue weighted by Crippen LogP contribution is 2.20. The largest absolute Gasteiger partial charge is 0.328 e. The van der Waals surface area contributed by atoms with E-state index in [0.29, 0.717) is 26.1 Å². The van der Waals surface area contributed by atoms with Gasteiger partial charge in [0.25, 0.3) is 10.2 Å². The van der Waals surface area contributed by atoms with Crippen molar-refractivity contribution in [1.29, 1.82) is 0 Å². The van der Waals surface area contributed by atoms with Crippen LogP contribution in [0.5, 0.6) is 0 Å². The summed E-state index contributed by atoms with van der Waals surface area (Å²) in [7, 11) is -3.39. The maximum atomic E-state index is 12.2. The van der Waals surface area contributed by atoms with Crippen LogP contribution in [0.25, 0.3) is 0 Å². The Balaban J connectivity index is 1.99. The zero-order chi connectivity index (χ0) is 13.9. The monoisotopic (exact) mass is 283 g/mol. The van der Waals surface area contributed by atoms with Gasteiger partial charge in [0, 0.05) is 25.7 Å². The summed E-state index contributed by atoms with van der Waals surface area (Å²) >= 11 is 0. The minimum Gasteiger partial charge on any atom is -0.328 e. The second kappa shape index (κ2) is 6.00. The first-order chi connectivity index (χ1) is 8.99. The molecule has 0 spiro atoms. The first kappa shape index (κ1) is 14.5. The summed E-state index contributed by atoms with van der Waals surface area (Å²) < 4.78 is 28.4. The first-order valence-electron chi connectivity index (χ1n) is 6.56. The summed E-state index contributed by atoms with van der Waals surface area (Å²) in [5.41, 5.74) is 7.94. The number of nitrogens with zero attached hydrogens (tertiary/aromatic N) is 1. The first-order valence-corrected chi connectivity index (χ1v) is 8.00. The van der Waals surface area contributed by atoms with Gasteiger partial charge in [-0.15, -0.1) is 0 Å². The van der Waals surface area contributed by atoms with Crippen LogP contribution < -0.4 is 10.5 Å². The summed E-state index contributed by atoms with van der Waals surface area (Å²) in [4.78, 5) is 0. The normalized spacial score (nSPS) is 18.0. The Hall–Kier alpha value is -0.950. The molecule has 0 saturated heterocycles. The minimum absolute atomic E-state index is 0.00443.